The zero-order chi connectivity index (χ0) is 14.9. The highest BCUT2D eigenvalue weighted by atomic mass is 32.1. The summed E-state index contributed by atoms with van der Waals surface area (Å²) in [6.07, 6.45) is -2.19. The van der Waals surface area contributed by atoms with Crippen LogP contribution in [0.1, 0.15) is 23.4 Å². The Morgan fingerprint density at radius 1 is 1.29 bits per heavy atom. The number of thiazole rings is 1. The second kappa shape index (κ2) is 5.90. The standard InChI is InChI=1S/C14H15F3N2OS/c15-14(16,17)9-1-2-12-11(7-9)19-13(21-12)8-20-10-3-5-18-6-4-10/h1-2,7,10,18H,3-6,8H2. The Hall–Kier alpha value is -1.18. The van der Waals surface area contributed by atoms with Gasteiger partial charge in [-0.3, -0.25) is 0 Å². The number of hydrogen-bond acceptors (Lipinski definition) is 4. The van der Waals surface area contributed by atoms with Crippen LogP contribution in [-0.4, -0.2) is 24.2 Å². The molecule has 0 saturated carbocycles. The van der Waals surface area contributed by atoms with Crippen molar-refractivity contribution in [3.8, 4) is 0 Å². The first-order valence-corrected chi connectivity index (χ1v) is 7.63. The van der Waals surface area contributed by atoms with Crippen LogP contribution < -0.4 is 5.32 Å². The molecule has 1 saturated heterocycles. The van der Waals surface area contributed by atoms with Crippen molar-refractivity contribution in [2.24, 2.45) is 0 Å². The SMILES string of the molecule is FC(F)(F)c1ccc2sc(COC3CCNCC3)nc2c1. The maximum atomic E-state index is 12.7. The van der Waals surface area contributed by atoms with Crippen LogP contribution in [0.25, 0.3) is 10.2 Å². The average molecular weight is 316 g/mol. The molecular weight excluding hydrogens is 301 g/mol. The Morgan fingerprint density at radius 3 is 2.76 bits per heavy atom. The quantitative estimate of drug-likeness (QED) is 0.940. The molecule has 1 aliphatic heterocycles. The summed E-state index contributed by atoms with van der Waals surface area (Å²) in [6.45, 7) is 2.25. The van der Waals surface area contributed by atoms with Gasteiger partial charge in [0, 0.05) is 0 Å². The van der Waals surface area contributed by atoms with E-state index in [9.17, 15) is 13.2 Å². The van der Waals surface area contributed by atoms with Crippen LogP contribution in [0.2, 0.25) is 0 Å². The maximum absolute atomic E-state index is 12.7. The number of nitrogens with one attached hydrogen (secondary N) is 1. The first-order valence-electron chi connectivity index (χ1n) is 6.81. The number of fused-ring (bicyclic) bond motifs is 1. The molecule has 0 spiro atoms. The Balaban J connectivity index is 1.71. The number of benzene rings is 1. The van der Waals surface area contributed by atoms with Crippen LogP contribution in [0.3, 0.4) is 0 Å². The van der Waals surface area contributed by atoms with Crippen LogP contribution in [0.4, 0.5) is 13.2 Å². The number of halogens is 3. The highest BCUT2D eigenvalue weighted by molar-refractivity contribution is 7.18. The van der Waals surface area contributed by atoms with Crippen molar-refractivity contribution in [3.05, 3.63) is 28.8 Å². The number of piperidine rings is 1. The fourth-order valence-electron chi connectivity index (χ4n) is 2.36. The molecule has 0 bridgehead atoms. The third-order valence-corrected chi connectivity index (χ3v) is 4.50. The van der Waals surface area contributed by atoms with Gasteiger partial charge in [-0.1, -0.05) is 0 Å². The van der Waals surface area contributed by atoms with Gasteiger partial charge in [-0.05, 0) is 44.1 Å². The molecular formula is C14H15F3N2OS. The third kappa shape index (κ3) is 3.53. The molecule has 2 heterocycles. The van der Waals surface area contributed by atoms with Crippen LogP contribution in [0, 0.1) is 0 Å². The number of rotatable bonds is 3. The van der Waals surface area contributed by atoms with Crippen LogP contribution in [0.15, 0.2) is 18.2 Å². The summed E-state index contributed by atoms with van der Waals surface area (Å²) in [4.78, 5) is 4.25. The molecule has 1 aromatic carbocycles. The number of aromatic nitrogens is 1. The maximum Gasteiger partial charge on any atom is 0.416 e. The minimum atomic E-state index is -4.33. The topological polar surface area (TPSA) is 34.1 Å². The molecule has 1 N–H and O–H groups in total. The summed E-state index contributed by atoms with van der Waals surface area (Å²) in [6, 6.07) is 3.67. The second-order valence-electron chi connectivity index (χ2n) is 5.05. The van der Waals surface area contributed by atoms with Crippen molar-refractivity contribution in [1.29, 1.82) is 0 Å². The molecule has 0 atom stereocenters. The smallest absolute Gasteiger partial charge is 0.371 e. The van der Waals surface area contributed by atoms with Gasteiger partial charge >= 0.3 is 6.18 Å². The van der Waals surface area contributed by atoms with Crippen molar-refractivity contribution < 1.29 is 17.9 Å². The van der Waals surface area contributed by atoms with Gasteiger partial charge in [0.25, 0.3) is 0 Å². The van der Waals surface area contributed by atoms with Crippen molar-refractivity contribution in [2.75, 3.05) is 13.1 Å². The third-order valence-electron chi connectivity index (χ3n) is 3.49. The summed E-state index contributed by atoms with van der Waals surface area (Å²) in [7, 11) is 0. The highest BCUT2D eigenvalue weighted by Gasteiger charge is 2.30. The molecule has 0 amide bonds. The Labute approximate surface area is 124 Å². The van der Waals surface area contributed by atoms with Crippen LogP contribution >= 0.6 is 11.3 Å². The van der Waals surface area contributed by atoms with Gasteiger partial charge < -0.3 is 10.1 Å². The number of nitrogens with zero attached hydrogens (tertiary/aromatic N) is 1. The van der Waals surface area contributed by atoms with Gasteiger partial charge in [0.1, 0.15) is 5.01 Å². The molecule has 1 fully saturated rings. The normalized spacial score (nSPS) is 17.5. The van der Waals surface area contributed by atoms with Crippen molar-refractivity contribution in [2.45, 2.75) is 31.7 Å². The van der Waals surface area contributed by atoms with Gasteiger partial charge in [0.2, 0.25) is 0 Å². The predicted molar refractivity (Wildman–Crippen MR) is 75.3 cm³/mol. The van der Waals surface area contributed by atoms with E-state index in [-0.39, 0.29) is 6.10 Å². The van der Waals surface area contributed by atoms with E-state index in [0.717, 1.165) is 47.8 Å². The van der Waals surface area contributed by atoms with Crippen molar-refractivity contribution in [3.63, 3.8) is 0 Å². The van der Waals surface area contributed by atoms with E-state index < -0.39 is 11.7 Å². The molecule has 7 heteroatoms. The molecule has 1 aliphatic rings. The second-order valence-corrected chi connectivity index (χ2v) is 6.16. The first kappa shape index (κ1) is 14.7. The lowest BCUT2D eigenvalue weighted by molar-refractivity contribution is -0.137. The highest BCUT2D eigenvalue weighted by Crippen LogP contribution is 2.33. The number of hydrogen-bond donors (Lipinski definition) is 1. The van der Waals surface area contributed by atoms with Crippen LogP contribution in [-0.2, 0) is 17.5 Å². The van der Waals surface area contributed by atoms with Crippen LogP contribution in [0.5, 0.6) is 0 Å². The fourth-order valence-corrected chi connectivity index (χ4v) is 3.23. The zero-order valence-corrected chi connectivity index (χ0v) is 12.1. The number of alkyl halides is 3. The molecule has 1 aromatic heterocycles. The molecule has 0 unspecified atom stereocenters. The van der Waals surface area contributed by atoms with E-state index >= 15 is 0 Å². The van der Waals surface area contributed by atoms with Gasteiger partial charge in [-0.25, -0.2) is 4.98 Å². The lowest BCUT2D eigenvalue weighted by atomic mass is 10.1. The average Bonchev–Trinajstić information content (AvgIpc) is 2.87. The van der Waals surface area contributed by atoms with Gasteiger partial charge in [-0.15, -0.1) is 11.3 Å². The van der Waals surface area contributed by atoms with E-state index in [1.165, 1.54) is 17.4 Å². The lowest BCUT2D eigenvalue weighted by Crippen LogP contribution is -2.32. The van der Waals surface area contributed by atoms with E-state index in [4.69, 9.17) is 4.74 Å². The largest absolute Gasteiger partial charge is 0.416 e. The molecule has 0 aliphatic carbocycles. The molecule has 21 heavy (non-hydrogen) atoms. The Bertz CT molecular complexity index is 620. The zero-order valence-electron chi connectivity index (χ0n) is 11.2. The minimum Gasteiger partial charge on any atom is -0.371 e. The molecule has 114 valence electrons. The fraction of sp³-hybridized carbons (Fsp3) is 0.500. The Kier molecular flexibility index (Phi) is 4.14. The monoisotopic (exact) mass is 316 g/mol. The van der Waals surface area contributed by atoms with E-state index in [1.807, 2.05) is 0 Å². The lowest BCUT2D eigenvalue weighted by Gasteiger charge is -2.22. The molecule has 3 nitrogen and oxygen atoms in total. The van der Waals surface area contributed by atoms with E-state index in [1.54, 1.807) is 0 Å². The predicted octanol–water partition coefficient (Wildman–Crippen LogP) is 3.58. The minimum absolute atomic E-state index is 0.212. The van der Waals surface area contributed by atoms with E-state index in [2.05, 4.69) is 10.3 Å². The van der Waals surface area contributed by atoms with Gasteiger partial charge in [0.05, 0.1) is 28.5 Å². The van der Waals surface area contributed by atoms with Gasteiger partial charge in [0.15, 0.2) is 0 Å². The molecule has 3 rings (SSSR count). The Morgan fingerprint density at radius 2 is 2.05 bits per heavy atom. The summed E-state index contributed by atoms with van der Waals surface area (Å²) in [5, 5.41) is 3.98. The number of ether oxygens (including phenoxy) is 1. The summed E-state index contributed by atoms with van der Waals surface area (Å²) < 4.78 is 44.5. The summed E-state index contributed by atoms with van der Waals surface area (Å²) >= 11 is 1.39. The summed E-state index contributed by atoms with van der Waals surface area (Å²) in [5.41, 5.74) is -0.273. The van der Waals surface area contributed by atoms with Crippen molar-refractivity contribution >= 4 is 21.6 Å². The van der Waals surface area contributed by atoms with Crippen molar-refractivity contribution in [1.82, 2.24) is 10.3 Å². The van der Waals surface area contributed by atoms with E-state index in [0.29, 0.717) is 12.1 Å². The van der Waals surface area contributed by atoms with Gasteiger partial charge in [-0.2, -0.15) is 13.2 Å². The molecule has 0 radical (unpaired) electrons. The first-order chi connectivity index (χ1) is 10.0. The summed E-state index contributed by atoms with van der Waals surface area (Å²) in [5.74, 6) is 0. The molecule has 2 aromatic rings.